The van der Waals surface area contributed by atoms with Gasteiger partial charge in [-0.2, -0.15) is 0 Å². The highest BCUT2D eigenvalue weighted by Crippen LogP contribution is 2.19. The van der Waals surface area contributed by atoms with Crippen LogP contribution in [-0.4, -0.2) is 27.9 Å². The molecular weight excluding hydrogens is 268 g/mol. The third-order valence-corrected chi connectivity index (χ3v) is 3.73. The van der Waals surface area contributed by atoms with Gasteiger partial charge in [0.1, 0.15) is 0 Å². The third kappa shape index (κ3) is 3.30. The van der Waals surface area contributed by atoms with E-state index in [2.05, 4.69) is 10.6 Å². The summed E-state index contributed by atoms with van der Waals surface area (Å²) in [4.78, 5) is 23.2. The monoisotopic (exact) mass is 280 g/mol. The highest BCUT2D eigenvalue weighted by atomic mass is 32.2. The van der Waals surface area contributed by atoms with Crippen LogP contribution in [0.1, 0.15) is 16.8 Å². The van der Waals surface area contributed by atoms with E-state index in [1.54, 1.807) is 24.3 Å². The van der Waals surface area contributed by atoms with E-state index in [1.165, 1.54) is 11.8 Å². The van der Waals surface area contributed by atoms with Crippen molar-refractivity contribution < 1.29 is 9.59 Å². The Labute approximate surface area is 115 Å². The van der Waals surface area contributed by atoms with Crippen LogP contribution in [0.5, 0.6) is 0 Å². The van der Waals surface area contributed by atoms with Gasteiger partial charge in [-0.15, -0.1) is 0 Å². The molecule has 1 heterocycles. The van der Waals surface area contributed by atoms with Crippen molar-refractivity contribution in [2.24, 2.45) is 0 Å². The number of hydrogen-bond donors (Lipinski definition) is 2. The molecular formula is C12H12N2O2S2. The Morgan fingerprint density at radius 3 is 2.67 bits per heavy atom. The van der Waals surface area contributed by atoms with Crippen LogP contribution < -0.4 is 10.6 Å². The van der Waals surface area contributed by atoms with Crippen molar-refractivity contribution in [3.63, 3.8) is 0 Å². The molecule has 1 saturated heterocycles. The number of amides is 1. The first-order valence-electron chi connectivity index (χ1n) is 5.50. The molecule has 0 bridgehead atoms. The molecule has 18 heavy (non-hydrogen) atoms. The summed E-state index contributed by atoms with van der Waals surface area (Å²) in [5.74, 6) is 0.525. The van der Waals surface area contributed by atoms with Crippen LogP contribution in [0.4, 0.5) is 0 Å². The average Bonchev–Trinajstić information content (AvgIpc) is 2.76. The fraction of sp³-hybridized carbons (Fsp3) is 0.250. The minimum atomic E-state index is -0.279. The van der Waals surface area contributed by atoms with Crippen molar-refractivity contribution in [3.05, 3.63) is 35.9 Å². The van der Waals surface area contributed by atoms with Gasteiger partial charge in [0.2, 0.25) is 5.12 Å². The molecule has 0 unspecified atom stereocenters. The van der Waals surface area contributed by atoms with Crippen LogP contribution in [0.2, 0.25) is 0 Å². The van der Waals surface area contributed by atoms with Gasteiger partial charge in [-0.3, -0.25) is 14.9 Å². The van der Waals surface area contributed by atoms with Gasteiger partial charge in [-0.05, 0) is 30.8 Å². The van der Waals surface area contributed by atoms with E-state index in [0.29, 0.717) is 5.56 Å². The normalized spacial score (nSPS) is 18.4. The van der Waals surface area contributed by atoms with Gasteiger partial charge in [0.25, 0.3) is 5.91 Å². The van der Waals surface area contributed by atoms with E-state index in [9.17, 15) is 9.59 Å². The number of carbonyl (C=O) groups excluding carboxylic acids is 2. The maximum absolute atomic E-state index is 11.8. The van der Waals surface area contributed by atoms with Crippen molar-refractivity contribution in [2.45, 2.75) is 12.5 Å². The number of rotatable bonds is 2. The van der Waals surface area contributed by atoms with Gasteiger partial charge in [0, 0.05) is 11.3 Å². The summed E-state index contributed by atoms with van der Waals surface area (Å²) < 4.78 is 0. The average molecular weight is 280 g/mol. The van der Waals surface area contributed by atoms with E-state index < -0.39 is 0 Å². The van der Waals surface area contributed by atoms with Gasteiger partial charge in [0.15, 0.2) is 5.11 Å². The lowest BCUT2D eigenvalue weighted by molar-refractivity contribution is -0.111. The minimum absolute atomic E-state index is 0.0753. The molecule has 2 rings (SSSR count). The first-order chi connectivity index (χ1) is 8.66. The van der Waals surface area contributed by atoms with Crippen LogP contribution in [0.15, 0.2) is 30.3 Å². The summed E-state index contributed by atoms with van der Waals surface area (Å²) in [6.07, 6.45) is 0.741. The molecule has 1 aliphatic rings. The maximum Gasteiger partial charge on any atom is 0.257 e. The summed E-state index contributed by atoms with van der Waals surface area (Å²) in [5.41, 5.74) is 0.536. The highest BCUT2D eigenvalue weighted by molar-refractivity contribution is 8.14. The molecule has 0 spiro atoms. The highest BCUT2D eigenvalue weighted by Gasteiger charge is 2.26. The molecule has 0 aromatic heterocycles. The zero-order valence-electron chi connectivity index (χ0n) is 9.51. The standard InChI is InChI=1S/C12H12N2O2S2/c15-10(8-4-2-1-3-5-8)14-12(17)13-9-6-7-18-11(9)16/h1-5,9H,6-7H2,(H2,13,14,15,17)/t9-/m0/s1. The second-order valence-electron chi connectivity index (χ2n) is 3.80. The molecule has 0 radical (unpaired) electrons. The fourth-order valence-electron chi connectivity index (χ4n) is 1.59. The van der Waals surface area contributed by atoms with Crippen molar-refractivity contribution >= 4 is 40.1 Å². The van der Waals surface area contributed by atoms with Crippen LogP contribution >= 0.6 is 24.0 Å². The number of thioether (sulfide) groups is 1. The van der Waals surface area contributed by atoms with E-state index in [1.807, 2.05) is 6.07 Å². The van der Waals surface area contributed by atoms with E-state index in [4.69, 9.17) is 12.2 Å². The SMILES string of the molecule is O=C(NC(=S)N[C@H]1CCSC1=O)c1ccccc1. The molecule has 1 aromatic carbocycles. The molecule has 6 heteroatoms. The molecule has 1 aliphatic heterocycles. The van der Waals surface area contributed by atoms with Crippen molar-refractivity contribution in [1.82, 2.24) is 10.6 Å². The summed E-state index contributed by atoms with van der Waals surface area (Å²) in [7, 11) is 0. The Balaban J connectivity index is 1.88. The predicted octanol–water partition coefficient (Wildman–Crippen LogP) is 1.32. The molecule has 1 atom stereocenters. The molecule has 2 N–H and O–H groups in total. The molecule has 1 amide bonds. The number of carbonyl (C=O) groups is 2. The smallest absolute Gasteiger partial charge is 0.257 e. The Kier molecular flexibility index (Phi) is 4.33. The molecule has 1 aromatic rings. The Bertz CT molecular complexity index is 476. The zero-order chi connectivity index (χ0) is 13.0. The van der Waals surface area contributed by atoms with E-state index in [-0.39, 0.29) is 22.2 Å². The molecule has 94 valence electrons. The lowest BCUT2D eigenvalue weighted by atomic mass is 10.2. The molecule has 4 nitrogen and oxygen atoms in total. The first-order valence-corrected chi connectivity index (χ1v) is 6.90. The number of benzene rings is 1. The van der Waals surface area contributed by atoms with Crippen LogP contribution in [-0.2, 0) is 4.79 Å². The van der Waals surface area contributed by atoms with Crippen LogP contribution in [0.25, 0.3) is 0 Å². The Hall–Kier alpha value is -1.40. The zero-order valence-corrected chi connectivity index (χ0v) is 11.1. The van der Waals surface area contributed by atoms with Gasteiger partial charge >= 0.3 is 0 Å². The molecule has 0 saturated carbocycles. The second kappa shape index (κ2) is 5.97. The Morgan fingerprint density at radius 2 is 2.06 bits per heavy atom. The van der Waals surface area contributed by atoms with Crippen molar-refractivity contribution in [2.75, 3.05) is 5.75 Å². The summed E-state index contributed by atoms with van der Waals surface area (Å²) in [6.45, 7) is 0. The topological polar surface area (TPSA) is 58.2 Å². The lowest BCUT2D eigenvalue weighted by Crippen LogP contribution is -2.45. The second-order valence-corrected chi connectivity index (χ2v) is 5.31. The summed E-state index contributed by atoms with van der Waals surface area (Å²) >= 11 is 6.30. The maximum atomic E-state index is 11.8. The summed E-state index contributed by atoms with van der Waals surface area (Å²) in [5, 5.41) is 5.70. The van der Waals surface area contributed by atoms with Crippen molar-refractivity contribution in [1.29, 1.82) is 0 Å². The van der Waals surface area contributed by atoms with Crippen LogP contribution in [0, 0.1) is 0 Å². The fourth-order valence-corrected chi connectivity index (χ4v) is 2.75. The number of hydrogen-bond acceptors (Lipinski definition) is 4. The summed E-state index contributed by atoms with van der Waals surface area (Å²) in [6, 6.07) is 8.52. The van der Waals surface area contributed by atoms with Crippen molar-refractivity contribution in [3.8, 4) is 0 Å². The first kappa shape index (κ1) is 13.0. The predicted molar refractivity (Wildman–Crippen MR) is 75.5 cm³/mol. The lowest BCUT2D eigenvalue weighted by Gasteiger charge is -2.13. The van der Waals surface area contributed by atoms with Gasteiger partial charge < -0.3 is 5.32 Å². The largest absolute Gasteiger partial charge is 0.352 e. The van der Waals surface area contributed by atoms with Crippen LogP contribution in [0.3, 0.4) is 0 Å². The number of thiocarbonyl (C=S) groups is 1. The van der Waals surface area contributed by atoms with Gasteiger partial charge in [0.05, 0.1) is 6.04 Å². The number of nitrogens with one attached hydrogen (secondary N) is 2. The minimum Gasteiger partial charge on any atom is -0.352 e. The Morgan fingerprint density at radius 1 is 1.33 bits per heavy atom. The van der Waals surface area contributed by atoms with E-state index in [0.717, 1.165) is 12.2 Å². The quantitative estimate of drug-likeness (QED) is 0.800. The van der Waals surface area contributed by atoms with Gasteiger partial charge in [-0.1, -0.05) is 30.0 Å². The molecule has 1 fully saturated rings. The van der Waals surface area contributed by atoms with E-state index >= 15 is 0 Å². The molecule has 0 aliphatic carbocycles. The third-order valence-electron chi connectivity index (χ3n) is 2.50. The van der Waals surface area contributed by atoms with Gasteiger partial charge in [-0.25, -0.2) is 0 Å².